The van der Waals surface area contributed by atoms with Gasteiger partial charge >= 0.3 is 5.97 Å². The van der Waals surface area contributed by atoms with Crippen LogP contribution in [0.1, 0.15) is 51.7 Å². The summed E-state index contributed by atoms with van der Waals surface area (Å²) in [5.74, 6) is -0.593. The van der Waals surface area contributed by atoms with Crippen molar-refractivity contribution in [2.75, 3.05) is 7.11 Å². The van der Waals surface area contributed by atoms with Crippen LogP contribution in [-0.4, -0.2) is 24.0 Å². The largest absolute Gasteiger partial charge is 0.469 e. The summed E-state index contributed by atoms with van der Waals surface area (Å²) in [4.78, 5) is 29.5. The van der Waals surface area contributed by atoms with Gasteiger partial charge in [0.25, 0.3) is 5.91 Å². The maximum Gasteiger partial charge on any atom is 0.307 e. The maximum atomic E-state index is 12.7. The number of carbonyl (C=O) groups excluding carboxylic acids is 2. The van der Waals surface area contributed by atoms with E-state index in [1.807, 2.05) is 31.2 Å². The molecule has 0 aliphatic heterocycles. The Labute approximate surface area is 159 Å². The highest BCUT2D eigenvalue weighted by atomic mass is 79.9. The molecule has 1 N–H and O–H groups in total. The third-order valence-electron chi connectivity index (χ3n) is 3.67. The molecule has 7 heteroatoms. The number of carbonyl (C=O) groups is 2. The third-order valence-corrected chi connectivity index (χ3v) is 5.38. The van der Waals surface area contributed by atoms with Gasteiger partial charge in [-0.05, 0) is 37.5 Å². The van der Waals surface area contributed by atoms with E-state index in [9.17, 15) is 9.59 Å². The Hall–Kier alpha value is -1.73. The van der Waals surface area contributed by atoms with Gasteiger partial charge in [0.05, 0.1) is 30.3 Å². The molecule has 2 rings (SSSR count). The minimum Gasteiger partial charge on any atom is -0.469 e. The number of amides is 1. The molecule has 25 heavy (non-hydrogen) atoms. The smallest absolute Gasteiger partial charge is 0.307 e. The fourth-order valence-electron chi connectivity index (χ4n) is 2.43. The van der Waals surface area contributed by atoms with Gasteiger partial charge in [-0.25, -0.2) is 4.98 Å². The number of methoxy groups -OCH3 is 1. The Balaban J connectivity index is 2.23. The first-order valence-electron chi connectivity index (χ1n) is 8.04. The molecule has 0 aliphatic carbocycles. The number of nitrogens with zero attached hydrogens (tertiary/aromatic N) is 1. The fourth-order valence-corrected chi connectivity index (χ4v) is 3.92. The van der Waals surface area contributed by atoms with Gasteiger partial charge in [-0.3, -0.25) is 9.59 Å². The maximum absolute atomic E-state index is 12.7. The van der Waals surface area contributed by atoms with Crippen molar-refractivity contribution in [3.8, 4) is 0 Å². The van der Waals surface area contributed by atoms with Gasteiger partial charge in [-0.15, -0.1) is 11.3 Å². The number of aromatic nitrogens is 1. The molecular formula is C18H21BrN2O3S. The van der Waals surface area contributed by atoms with Crippen LogP contribution < -0.4 is 5.32 Å². The molecule has 0 spiro atoms. The van der Waals surface area contributed by atoms with Crippen molar-refractivity contribution in [3.05, 3.63) is 49.9 Å². The predicted octanol–water partition coefficient (Wildman–Crippen LogP) is 4.20. The van der Waals surface area contributed by atoms with Crippen LogP contribution in [0.15, 0.2) is 28.7 Å². The van der Waals surface area contributed by atoms with Gasteiger partial charge < -0.3 is 10.1 Å². The molecule has 1 aromatic carbocycles. The first-order chi connectivity index (χ1) is 11.9. The molecule has 1 unspecified atom stereocenters. The number of ether oxygens (including phenoxy) is 1. The highest BCUT2D eigenvalue weighted by Crippen LogP contribution is 2.24. The van der Waals surface area contributed by atoms with E-state index in [1.165, 1.54) is 18.4 Å². The molecule has 5 nitrogen and oxygen atoms in total. The van der Waals surface area contributed by atoms with E-state index in [-0.39, 0.29) is 18.3 Å². The first-order valence-corrected chi connectivity index (χ1v) is 9.65. The average molecular weight is 425 g/mol. The summed E-state index contributed by atoms with van der Waals surface area (Å²) in [7, 11) is 1.34. The minimum atomic E-state index is -0.464. The minimum absolute atomic E-state index is 0.0678. The summed E-state index contributed by atoms with van der Waals surface area (Å²) in [6, 6.07) is 7.06. The molecule has 1 aromatic heterocycles. The lowest BCUT2D eigenvalue weighted by Gasteiger charge is -2.18. The van der Waals surface area contributed by atoms with Gasteiger partial charge in [0.15, 0.2) is 0 Å². The number of aryl methyl sites for hydroxylation is 2. The molecule has 0 fully saturated rings. The van der Waals surface area contributed by atoms with Crippen molar-refractivity contribution >= 4 is 39.1 Å². The number of hydrogen-bond acceptors (Lipinski definition) is 5. The average Bonchev–Trinajstić information content (AvgIpc) is 2.95. The summed E-state index contributed by atoms with van der Waals surface area (Å²) in [6.45, 7) is 3.91. The Morgan fingerprint density at radius 2 is 2.16 bits per heavy atom. The number of nitrogens with one attached hydrogen (secondary N) is 1. The molecule has 0 saturated carbocycles. The van der Waals surface area contributed by atoms with Gasteiger partial charge in [0.1, 0.15) is 4.88 Å². The van der Waals surface area contributed by atoms with Crippen LogP contribution in [0.2, 0.25) is 0 Å². The number of hydrogen-bond donors (Lipinski definition) is 1. The standard InChI is InChI=1S/C18H21BrN2O3S/c1-4-6-15-20-11(2)17(25-15)18(23)21-14(10-16(22)24-3)12-7-5-8-13(19)9-12/h5,7-9,14H,4,6,10H2,1-3H3,(H,21,23). The molecule has 1 heterocycles. The topological polar surface area (TPSA) is 68.3 Å². The Morgan fingerprint density at radius 1 is 1.40 bits per heavy atom. The summed E-state index contributed by atoms with van der Waals surface area (Å²) >= 11 is 4.83. The number of benzene rings is 1. The SMILES string of the molecule is CCCc1nc(C)c(C(=O)NC(CC(=O)OC)c2cccc(Br)c2)s1. The van der Waals surface area contributed by atoms with E-state index in [4.69, 9.17) is 4.74 Å². The van der Waals surface area contributed by atoms with Crippen LogP contribution in [0.25, 0.3) is 0 Å². The number of rotatable bonds is 7. The monoisotopic (exact) mass is 424 g/mol. The van der Waals surface area contributed by atoms with Crippen molar-refractivity contribution in [2.45, 2.75) is 39.2 Å². The lowest BCUT2D eigenvalue weighted by atomic mass is 10.0. The second-order valence-corrected chi connectivity index (χ2v) is 7.63. The first kappa shape index (κ1) is 19.6. The Morgan fingerprint density at radius 3 is 2.80 bits per heavy atom. The quantitative estimate of drug-likeness (QED) is 0.676. The van der Waals surface area contributed by atoms with Crippen molar-refractivity contribution in [2.24, 2.45) is 0 Å². The Kier molecular flexibility index (Phi) is 7.13. The summed E-state index contributed by atoms with van der Waals surface area (Å²) in [5.41, 5.74) is 1.56. The van der Waals surface area contributed by atoms with Crippen LogP contribution in [0.3, 0.4) is 0 Å². The van der Waals surface area contributed by atoms with Crippen LogP contribution in [0, 0.1) is 6.92 Å². The van der Waals surface area contributed by atoms with Crippen LogP contribution >= 0.6 is 27.3 Å². The van der Waals surface area contributed by atoms with Crippen LogP contribution in [0.4, 0.5) is 0 Å². The van der Waals surface area contributed by atoms with E-state index in [2.05, 4.69) is 33.2 Å². The molecule has 1 amide bonds. The highest BCUT2D eigenvalue weighted by Gasteiger charge is 2.22. The summed E-state index contributed by atoms with van der Waals surface area (Å²) in [6.07, 6.45) is 1.91. The lowest BCUT2D eigenvalue weighted by Crippen LogP contribution is -2.30. The fraction of sp³-hybridized carbons (Fsp3) is 0.389. The van der Waals surface area contributed by atoms with E-state index >= 15 is 0 Å². The molecule has 0 saturated heterocycles. The van der Waals surface area contributed by atoms with Crippen LogP contribution in [0.5, 0.6) is 0 Å². The number of halogens is 1. The highest BCUT2D eigenvalue weighted by molar-refractivity contribution is 9.10. The zero-order chi connectivity index (χ0) is 18.4. The van der Waals surface area contributed by atoms with E-state index in [1.54, 1.807) is 0 Å². The van der Waals surface area contributed by atoms with Crippen molar-refractivity contribution in [3.63, 3.8) is 0 Å². The molecule has 0 bridgehead atoms. The summed E-state index contributed by atoms with van der Waals surface area (Å²) < 4.78 is 5.65. The van der Waals surface area contributed by atoms with Crippen molar-refractivity contribution in [1.29, 1.82) is 0 Å². The second kappa shape index (κ2) is 9.10. The molecule has 0 aliphatic rings. The third kappa shape index (κ3) is 5.37. The molecule has 2 aromatic rings. The van der Waals surface area contributed by atoms with E-state index in [0.29, 0.717) is 4.88 Å². The predicted molar refractivity (Wildman–Crippen MR) is 102 cm³/mol. The molecule has 134 valence electrons. The summed E-state index contributed by atoms with van der Waals surface area (Å²) in [5, 5.41) is 3.90. The second-order valence-electron chi connectivity index (χ2n) is 5.63. The van der Waals surface area contributed by atoms with Crippen molar-refractivity contribution in [1.82, 2.24) is 10.3 Å². The van der Waals surface area contributed by atoms with Gasteiger partial charge in [-0.1, -0.05) is 35.0 Å². The zero-order valence-electron chi connectivity index (χ0n) is 14.5. The van der Waals surface area contributed by atoms with Gasteiger partial charge in [-0.2, -0.15) is 0 Å². The lowest BCUT2D eigenvalue weighted by molar-refractivity contribution is -0.141. The van der Waals surface area contributed by atoms with E-state index < -0.39 is 6.04 Å². The van der Waals surface area contributed by atoms with Gasteiger partial charge in [0.2, 0.25) is 0 Å². The van der Waals surface area contributed by atoms with Crippen LogP contribution in [-0.2, 0) is 16.0 Å². The molecule has 1 atom stereocenters. The van der Waals surface area contributed by atoms with E-state index in [0.717, 1.165) is 33.6 Å². The molecule has 0 radical (unpaired) electrons. The number of thiazole rings is 1. The molecular weight excluding hydrogens is 404 g/mol. The normalized spacial score (nSPS) is 11.8. The Bertz CT molecular complexity index is 761. The van der Waals surface area contributed by atoms with Crippen molar-refractivity contribution < 1.29 is 14.3 Å². The van der Waals surface area contributed by atoms with Gasteiger partial charge in [0, 0.05) is 4.47 Å². The zero-order valence-corrected chi connectivity index (χ0v) is 16.9. The number of esters is 1.